The van der Waals surface area contributed by atoms with Crippen LogP contribution in [0, 0.1) is 0 Å². The van der Waals surface area contributed by atoms with Crippen molar-refractivity contribution in [2.45, 2.75) is 11.7 Å². The van der Waals surface area contributed by atoms with Gasteiger partial charge in [-0.25, -0.2) is 0 Å². The molecule has 0 saturated heterocycles. The Bertz CT molecular complexity index is 344. The molecule has 0 saturated carbocycles. The van der Waals surface area contributed by atoms with Crippen LogP contribution in [0.5, 0.6) is 0 Å². The average molecular weight is 289 g/mol. The summed E-state index contributed by atoms with van der Waals surface area (Å²) in [4.78, 5) is 21.2. The third-order valence-corrected chi connectivity index (χ3v) is 2.42. The standard InChI is InChI=1S/C6H11NO7S.2Na.2H/c7-1-2-14-6(10)4(3-5(8)9)15(11,12)13;;;;/h4H,1-3,7H2,(H,8,9)(H,11,12,13);;;;. The van der Waals surface area contributed by atoms with Crippen LogP contribution in [0.25, 0.3) is 0 Å². The van der Waals surface area contributed by atoms with Crippen LogP contribution in [-0.2, 0) is 24.4 Å². The van der Waals surface area contributed by atoms with E-state index >= 15 is 0 Å². The van der Waals surface area contributed by atoms with Crippen LogP contribution in [0.1, 0.15) is 6.42 Å². The molecule has 0 radical (unpaired) electrons. The van der Waals surface area contributed by atoms with Gasteiger partial charge < -0.3 is 15.6 Å². The normalized spacial score (nSPS) is 11.6. The van der Waals surface area contributed by atoms with Gasteiger partial charge >= 0.3 is 71.1 Å². The molecule has 11 heteroatoms. The van der Waals surface area contributed by atoms with E-state index in [2.05, 4.69) is 4.74 Å². The van der Waals surface area contributed by atoms with Crippen molar-refractivity contribution in [1.29, 1.82) is 0 Å². The molecule has 1 atom stereocenters. The molecular weight excluding hydrogens is 276 g/mol. The number of carboxylic acid groups (broad SMARTS) is 1. The number of nitrogens with two attached hydrogens (primary N) is 1. The molecule has 0 rings (SSSR count). The van der Waals surface area contributed by atoms with E-state index in [-0.39, 0.29) is 72.3 Å². The van der Waals surface area contributed by atoms with Crippen molar-refractivity contribution in [2.24, 2.45) is 5.73 Å². The van der Waals surface area contributed by atoms with E-state index < -0.39 is 33.7 Å². The van der Waals surface area contributed by atoms with Crippen LogP contribution >= 0.6 is 0 Å². The fourth-order valence-electron chi connectivity index (χ4n) is 0.721. The number of carboxylic acids is 1. The molecule has 0 aromatic heterocycles. The Balaban J connectivity index is -0.000000980. The van der Waals surface area contributed by atoms with Gasteiger partial charge in [0.25, 0.3) is 10.1 Å². The number of ether oxygens (including phenoxy) is 1. The summed E-state index contributed by atoms with van der Waals surface area (Å²) >= 11 is 0. The second kappa shape index (κ2) is 10.7. The van der Waals surface area contributed by atoms with Crippen LogP contribution in [0.15, 0.2) is 0 Å². The Morgan fingerprint density at radius 1 is 1.29 bits per heavy atom. The van der Waals surface area contributed by atoms with Crippen molar-refractivity contribution in [2.75, 3.05) is 13.2 Å². The molecule has 0 spiro atoms. The number of esters is 1. The summed E-state index contributed by atoms with van der Waals surface area (Å²) < 4.78 is 34.2. The van der Waals surface area contributed by atoms with E-state index in [1.165, 1.54) is 0 Å². The van der Waals surface area contributed by atoms with Crippen LogP contribution in [0.3, 0.4) is 0 Å². The molecule has 0 aliphatic carbocycles. The second-order valence-corrected chi connectivity index (χ2v) is 4.16. The number of carbonyl (C=O) groups excluding carboxylic acids is 1. The summed E-state index contributed by atoms with van der Waals surface area (Å²) in [5.74, 6) is -2.87. The first-order valence-electron chi connectivity index (χ1n) is 3.83. The summed E-state index contributed by atoms with van der Waals surface area (Å²) in [7, 11) is -4.79. The summed E-state index contributed by atoms with van der Waals surface area (Å²) in [5, 5.41) is 6.20. The second-order valence-electron chi connectivity index (χ2n) is 2.56. The Hall–Kier alpha value is 0.810. The van der Waals surface area contributed by atoms with Gasteiger partial charge in [0.15, 0.2) is 5.25 Å². The van der Waals surface area contributed by atoms with Gasteiger partial charge in [-0.1, -0.05) is 0 Å². The predicted octanol–water partition coefficient (Wildman–Crippen LogP) is -3.08. The molecule has 1 unspecified atom stereocenters. The van der Waals surface area contributed by atoms with Crippen LogP contribution in [-0.4, -0.2) is 108 Å². The van der Waals surface area contributed by atoms with Gasteiger partial charge in [0.2, 0.25) is 0 Å². The van der Waals surface area contributed by atoms with E-state index in [1.54, 1.807) is 0 Å². The van der Waals surface area contributed by atoms with Gasteiger partial charge in [0, 0.05) is 6.54 Å². The molecule has 92 valence electrons. The van der Waals surface area contributed by atoms with Gasteiger partial charge in [-0.3, -0.25) is 14.1 Å². The zero-order valence-corrected chi connectivity index (χ0v) is 8.44. The topological polar surface area (TPSA) is 144 Å². The van der Waals surface area contributed by atoms with Crippen molar-refractivity contribution < 1.29 is 32.4 Å². The number of rotatable bonds is 6. The molecule has 0 bridgehead atoms. The monoisotopic (exact) mass is 289 g/mol. The molecule has 17 heavy (non-hydrogen) atoms. The van der Waals surface area contributed by atoms with Crippen LogP contribution < -0.4 is 5.73 Å². The Kier molecular flexibility index (Phi) is 14.5. The first-order valence-corrected chi connectivity index (χ1v) is 5.34. The Morgan fingerprint density at radius 2 is 1.76 bits per heavy atom. The molecule has 0 aliphatic heterocycles. The molecule has 0 aliphatic rings. The quantitative estimate of drug-likeness (QED) is 0.265. The third kappa shape index (κ3) is 10.4. The molecule has 0 aromatic rings. The van der Waals surface area contributed by atoms with Crippen molar-refractivity contribution in [3.8, 4) is 0 Å². The van der Waals surface area contributed by atoms with Gasteiger partial charge in [-0.05, 0) is 0 Å². The van der Waals surface area contributed by atoms with E-state index in [1.807, 2.05) is 0 Å². The van der Waals surface area contributed by atoms with Crippen molar-refractivity contribution in [3.63, 3.8) is 0 Å². The summed E-state index contributed by atoms with van der Waals surface area (Å²) in [6.45, 7) is -0.276. The first kappa shape index (κ1) is 22.9. The molecule has 0 heterocycles. The van der Waals surface area contributed by atoms with Gasteiger partial charge in [0.05, 0.1) is 6.42 Å². The summed E-state index contributed by atoms with van der Waals surface area (Å²) in [6.07, 6.45) is -1.05. The Labute approximate surface area is 143 Å². The van der Waals surface area contributed by atoms with E-state index in [0.29, 0.717) is 0 Å². The number of aliphatic carboxylic acids is 1. The van der Waals surface area contributed by atoms with Crippen molar-refractivity contribution in [1.82, 2.24) is 0 Å². The maximum absolute atomic E-state index is 11.0. The molecule has 0 amide bonds. The molecule has 4 N–H and O–H groups in total. The van der Waals surface area contributed by atoms with E-state index in [4.69, 9.17) is 15.4 Å². The van der Waals surface area contributed by atoms with Crippen LogP contribution in [0.4, 0.5) is 0 Å². The minimum atomic E-state index is -4.79. The number of hydrogen-bond acceptors (Lipinski definition) is 6. The Morgan fingerprint density at radius 3 is 2.06 bits per heavy atom. The first-order chi connectivity index (χ1) is 6.79. The van der Waals surface area contributed by atoms with Crippen molar-refractivity contribution >= 4 is 81.2 Å². The zero-order valence-electron chi connectivity index (χ0n) is 7.62. The fourth-order valence-corrected chi connectivity index (χ4v) is 1.39. The molecule has 0 aromatic carbocycles. The summed E-state index contributed by atoms with van der Waals surface area (Å²) in [6, 6.07) is 0. The average Bonchev–Trinajstić information content (AvgIpc) is 2.08. The van der Waals surface area contributed by atoms with E-state index in [0.717, 1.165) is 0 Å². The fraction of sp³-hybridized carbons (Fsp3) is 0.667. The minimum absolute atomic E-state index is 0. The molecule has 8 nitrogen and oxygen atoms in total. The number of carbonyl (C=O) groups is 2. The maximum atomic E-state index is 11.0. The van der Waals surface area contributed by atoms with Gasteiger partial charge in [-0.15, -0.1) is 0 Å². The predicted molar refractivity (Wildman–Crippen MR) is 61.9 cm³/mol. The van der Waals surface area contributed by atoms with Gasteiger partial charge in [-0.2, -0.15) is 8.42 Å². The van der Waals surface area contributed by atoms with Gasteiger partial charge in [0.1, 0.15) is 6.61 Å². The summed E-state index contributed by atoms with van der Waals surface area (Å²) in [5.41, 5.74) is 4.98. The SMILES string of the molecule is NCCOC(=O)C(CC(=O)O)S(=O)(=O)O.[NaH].[NaH]. The van der Waals surface area contributed by atoms with E-state index in [9.17, 15) is 18.0 Å². The zero-order chi connectivity index (χ0) is 12.1. The number of hydrogen-bond donors (Lipinski definition) is 3. The third-order valence-electron chi connectivity index (χ3n) is 1.34. The van der Waals surface area contributed by atoms with Crippen LogP contribution in [0.2, 0.25) is 0 Å². The molecular formula is C6H13NNa2O7S. The molecule has 0 fully saturated rings. The van der Waals surface area contributed by atoms with Crippen molar-refractivity contribution in [3.05, 3.63) is 0 Å².